The average molecular weight is 290 g/mol. The van der Waals surface area contributed by atoms with Crippen molar-refractivity contribution in [3.8, 4) is 11.3 Å². The maximum atomic E-state index is 13.7. The highest BCUT2D eigenvalue weighted by Gasteiger charge is 2.21. The van der Waals surface area contributed by atoms with E-state index in [1.807, 2.05) is 12.3 Å². The summed E-state index contributed by atoms with van der Waals surface area (Å²) >= 11 is 1.29. The van der Waals surface area contributed by atoms with Crippen LogP contribution in [0, 0.1) is 12.7 Å². The summed E-state index contributed by atoms with van der Waals surface area (Å²) in [5, 5.41) is 2.52. The Kier molecular flexibility index (Phi) is 3.06. The Morgan fingerprint density at radius 3 is 2.90 bits per heavy atom. The van der Waals surface area contributed by atoms with Crippen molar-refractivity contribution in [1.29, 1.82) is 0 Å². The summed E-state index contributed by atoms with van der Waals surface area (Å²) in [5.74, 6) is -0.357. The highest BCUT2D eigenvalue weighted by atomic mass is 32.1. The molecule has 5 heteroatoms. The molecule has 1 aromatic carbocycles. The highest BCUT2D eigenvalue weighted by Crippen LogP contribution is 2.36. The molecule has 0 aliphatic carbocycles. The van der Waals surface area contributed by atoms with Crippen molar-refractivity contribution in [2.24, 2.45) is 0 Å². The number of furan rings is 1. The molecule has 0 bridgehead atoms. The van der Waals surface area contributed by atoms with Crippen LogP contribution in [0.25, 0.3) is 22.3 Å². The summed E-state index contributed by atoms with van der Waals surface area (Å²) in [6, 6.07) is 6.47. The molecule has 2 aromatic heterocycles. The standard InChI is InChI=1S/C15H11FO3S/c1-8-7-20-14(15(17)18-2)12(8)11-6-9-4-3-5-10(16)13(9)19-11/h3-7H,1-2H3. The van der Waals surface area contributed by atoms with Gasteiger partial charge < -0.3 is 9.15 Å². The number of benzene rings is 1. The van der Waals surface area contributed by atoms with Crippen LogP contribution in [-0.2, 0) is 4.74 Å². The summed E-state index contributed by atoms with van der Waals surface area (Å²) in [6.07, 6.45) is 0. The first kappa shape index (κ1) is 12.9. The molecule has 0 aliphatic rings. The van der Waals surface area contributed by atoms with Gasteiger partial charge in [0.2, 0.25) is 0 Å². The van der Waals surface area contributed by atoms with E-state index < -0.39 is 11.8 Å². The second-order valence-corrected chi connectivity index (χ2v) is 5.26. The van der Waals surface area contributed by atoms with Crippen LogP contribution >= 0.6 is 11.3 Å². The van der Waals surface area contributed by atoms with Gasteiger partial charge in [-0.1, -0.05) is 12.1 Å². The van der Waals surface area contributed by atoms with Crippen molar-refractivity contribution < 1.29 is 18.3 Å². The number of ether oxygens (including phenoxy) is 1. The zero-order valence-electron chi connectivity index (χ0n) is 10.9. The van der Waals surface area contributed by atoms with Crippen molar-refractivity contribution in [3.63, 3.8) is 0 Å². The second-order valence-electron chi connectivity index (χ2n) is 4.38. The Labute approximate surface area is 118 Å². The van der Waals surface area contributed by atoms with E-state index in [0.717, 1.165) is 5.56 Å². The molecular formula is C15H11FO3S. The fraction of sp³-hybridized carbons (Fsp3) is 0.133. The zero-order valence-corrected chi connectivity index (χ0v) is 11.7. The van der Waals surface area contributed by atoms with Gasteiger partial charge >= 0.3 is 5.97 Å². The molecule has 0 aliphatic heterocycles. The quantitative estimate of drug-likeness (QED) is 0.657. The summed E-state index contributed by atoms with van der Waals surface area (Å²) in [5.41, 5.74) is 1.76. The maximum absolute atomic E-state index is 13.7. The van der Waals surface area contributed by atoms with Crippen LogP contribution in [0.4, 0.5) is 4.39 Å². The number of thiophene rings is 1. The van der Waals surface area contributed by atoms with Gasteiger partial charge in [0.05, 0.1) is 7.11 Å². The molecule has 0 unspecified atom stereocenters. The summed E-state index contributed by atoms with van der Waals surface area (Å²) < 4.78 is 24.0. The van der Waals surface area contributed by atoms with E-state index >= 15 is 0 Å². The Balaban J connectivity index is 2.23. The van der Waals surface area contributed by atoms with E-state index in [0.29, 0.717) is 21.6 Å². The molecule has 0 radical (unpaired) electrons. The van der Waals surface area contributed by atoms with Crippen molar-refractivity contribution in [1.82, 2.24) is 0 Å². The Morgan fingerprint density at radius 2 is 2.20 bits per heavy atom. The van der Waals surface area contributed by atoms with Crippen LogP contribution in [0.3, 0.4) is 0 Å². The minimum absolute atomic E-state index is 0.198. The second kappa shape index (κ2) is 4.76. The minimum Gasteiger partial charge on any atom is -0.465 e. The molecule has 102 valence electrons. The number of hydrogen-bond acceptors (Lipinski definition) is 4. The smallest absolute Gasteiger partial charge is 0.348 e. The van der Waals surface area contributed by atoms with E-state index in [1.54, 1.807) is 18.2 Å². The first-order valence-electron chi connectivity index (χ1n) is 5.96. The molecule has 0 fully saturated rings. The van der Waals surface area contributed by atoms with Crippen LogP contribution in [0.5, 0.6) is 0 Å². The first-order chi connectivity index (χ1) is 9.61. The van der Waals surface area contributed by atoms with E-state index in [2.05, 4.69) is 0 Å². The number of fused-ring (bicyclic) bond motifs is 1. The van der Waals surface area contributed by atoms with Crippen molar-refractivity contribution in [2.45, 2.75) is 6.92 Å². The molecule has 0 saturated carbocycles. The molecule has 3 rings (SSSR count). The molecule has 3 nitrogen and oxygen atoms in total. The van der Waals surface area contributed by atoms with Crippen LogP contribution < -0.4 is 0 Å². The molecule has 20 heavy (non-hydrogen) atoms. The third-order valence-corrected chi connectivity index (χ3v) is 4.17. The maximum Gasteiger partial charge on any atom is 0.348 e. The predicted octanol–water partition coefficient (Wildman–Crippen LogP) is 4.40. The van der Waals surface area contributed by atoms with Crippen molar-refractivity contribution in [2.75, 3.05) is 7.11 Å². The van der Waals surface area contributed by atoms with Gasteiger partial charge in [0.15, 0.2) is 11.4 Å². The monoisotopic (exact) mass is 290 g/mol. The van der Waals surface area contributed by atoms with Crippen LogP contribution in [0.2, 0.25) is 0 Å². The number of halogens is 1. The Morgan fingerprint density at radius 1 is 1.40 bits per heavy atom. The minimum atomic E-state index is -0.418. The lowest BCUT2D eigenvalue weighted by molar-refractivity contribution is 0.0607. The number of carbonyl (C=O) groups is 1. The normalized spacial score (nSPS) is 10.9. The van der Waals surface area contributed by atoms with Crippen molar-refractivity contribution in [3.05, 3.63) is 45.9 Å². The fourth-order valence-corrected chi connectivity index (χ4v) is 3.12. The third kappa shape index (κ3) is 1.91. The molecule has 3 aromatic rings. The zero-order chi connectivity index (χ0) is 14.3. The predicted molar refractivity (Wildman–Crippen MR) is 75.6 cm³/mol. The number of rotatable bonds is 2. The van der Waals surface area contributed by atoms with Gasteiger partial charge in [0.25, 0.3) is 0 Å². The van der Waals surface area contributed by atoms with Gasteiger partial charge in [-0.25, -0.2) is 9.18 Å². The highest BCUT2D eigenvalue weighted by molar-refractivity contribution is 7.12. The van der Waals surface area contributed by atoms with E-state index in [-0.39, 0.29) is 5.58 Å². The largest absolute Gasteiger partial charge is 0.465 e. The third-order valence-electron chi connectivity index (χ3n) is 3.09. The number of para-hydroxylation sites is 1. The summed E-state index contributed by atoms with van der Waals surface area (Å²) in [7, 11) is 1.33. The lowest BCUT2D eigenvalue weighted by Gasteiger charge is -2.00. The van der Waals surface area contributed by atoms with E-state index in [4.69, 9.17) is 9.15 Å². The first-order valence-corrected chi connectivity index (χ1v) is 6.84. The number of aryl methyl sites for hydroxylation is 1. The van der Waals surface area contributed by atoms with Crippen LogP contribution in [0.1, 0.15) is 15.2 Å². The molecule has 0 amide bonds. The van der Waals surface area contributed by atoms with Gasteiger partial charge in [0, 0.05) is 10.9 Å². The molecule has 2 heterocycles. The van der Waals surface area contributed by atoms with Crippen molar-refractivity contribution >= 4 is 28.3 Å². The Bertz CT molecular complexity index is 801. The van der Waals surface area contributed by atoms with Crippen LogP contribution in [-0.4, -0.2) is 13.1 Å². The lowest BCUT2D eigenvalue weighted by Crippen LogP contribution is -1.99. The molecule has 0 N–H and O–H groups in total. The van der Waals surface area contributed by atoms with Gasteiger partial charge in [-0.15, -0.1) is 11.3 Å². The van der Waals surface area contributed by atoms with E-state index in [1.165, 1.54) is 24.5 Å². The lowest BCUT2D eigenvalue weighted by atomic mass is 10.1. The topological polar surface area (TPSA) is 39.4 Å². The molecule has 0 atom stereocenters. The van der Waals surface area contributed by atoms with Gasteiger partial charge in [-0.3, -0.25) is 0 Å². The molecule has 0 saturated heterocycles. The summed E-state index contributed by atoms with van der Waals surface area (Å²) in [4.78, 5) is 12.2. The number of methoxy groups -OCH3 is 1. The molecular weight excluding hydrogens is 279 g/mol. The van der Waals surface area contributed by atoms with Gasteiger partial charge in [-0.05, 0) is 30.0 Å². The van der Waals surface area contributed by atoms with Gasteiger partial charge in [0.1, 0.15) is 10.6 Å². The number of carbonyl (C=O) groups excluding carboxylic acids is 1. The van der Waals surface area contributed by atoms with Gasteiger partial charge in [-0.2, -0.15) is 0 Å². The molecule has 0 spiro atoms. The summed E-state index contributed by atoms with van der Waals surface area (Å²) in [6.45, 7) is 1.88. The Hall–Kier alpha value is -2.14. The van der Waals surface area contributed by atoms with E-state index in [9.17, 15) is 9.18 Å². The average Bonchev–Trinajstić information content (AvgIpc) is 3.02. The number of hydrogen-bond donors (Lipinski definition) is 0. The fourth-order valence-electron chi connectivity index (χ4n) is 2.14. The number of esters is 1. The van der Waals surface area contributed by atoms with Crippen LogP contribution in [0.15, 0.2) is 34.1 Å². The SMILES string of the molecule is COC(=O)c1scc(C)c1-c1cc2cccc(F)c2o1.